The molecule has 0 fully saturated rings. The maximum atomic E-state index is 8.79. The minimum absolute atomic E-state index is 0.662. The molecule has 0 aliphatic rings. The van der Waals surface area contributed by atoms with E-state index in [-0.39, 0.29) is 0 Å². The fraction of sp³-hybridized carbons (Fsp3) is 0.133. The molecular formula is C15H13BrN2. The third-order valence-electron chi connectivity index (χ3n) is 2.67. The Labute approximate surface area is 115 Å². The Bertz CT molecular complexity index is 558. The number of nitrogens with one attached hydrogen (secondary N) is 1. The van der Waals surface area contributed by atoms with E-state index in [0.29, 0.717) is 5.56 Å². The van der Waals surface area contributed by atoms with Crippen molar-refractivity contribution in [3.63, 3.8) is 0 Å². The van der Waals surface area contributed by atoms with Gasteiger partial charge in [-0.1, -0.05) is 30.3 Å². The first-order chi connectivity index (χ1) is 8.79. The van der Waals surface area contributed by atoms with Crippen LogP contribution in [0.5, 0.6) is 0 Å². The molecular weight excluding hydrogens is 288 g/mol. The van der Waals surface area contributed by atoms with Gasteiger partial charge in [-0.25, -0.2) is 0 Å². The van der Waals surface area contributed by atoms with Gasteiger partial charge in [-0.05, 0) is 46.1 Å². The first-order valence-corrected chi connectivity index (χ1v) is 6.56. The standard InChI is InChI=1S/C15H13BrN2/c16-14-10-13(11-17)6-7-15(14)18-9-8-12-4-2-1-3-5-12/h1-7,10,18H,8-9H2. The van der Waals surface area contributed by atoms with Crippen LogP contribution in [0.2, 0.25) is 0 Å². The predicted octanol–water partition coefficient (Wildman–Crippen LogP) is 3.98. The normalized spacial score (nSPS) is 9.78. The van der Waals surface area contributed by atoms with Crippen LogP contribution in [0.15, 0.2) is 53.0 Å². The van der Waals surface area contributed by atoms with E-state index < -0.39 is 0 Å². The monoisotopic (exact) mass is 300 g/mol. The van der Waals surface area contributed by atoms with E-state index in [1.54, 1.807) is 0 Å². The third-order valence-corrected chi connectivity index (χ3v) is 3.33. The Hall–Kier alpha value is -1.79. The lowest BCUT2D eigenvalue weighted by molar-refractivity contribution is 1.02. The second-order valence-corrected chi connectivity index (χ2v) is 4.82. The second kappa shape index (κ2) is 6.23. The molecule has 0 unspecified atom stereocenters. The van der Waals surface area contributed by atoms with Crippen LogP contribution in [-0.4, -0.2) is 6.54 Å². The number of anilines is 1. The molecule has 0 atom stereocenters. The second-order valence-electron chi connectivity index (χ2n) is 3.97. The van der Waals surface area contributed by atoms with Crippen molar-refractivity contribution >= 4 is 21.6 Å². The highest BCUT2D eigenvalue weighted by atomic mass is 79.9. The number of hydrogen-bond donors (Lipinski definition) is 1. The van der Waals surface area contributed by atoms with Crippen LogP contribution in [0.3, 0.4) is 0 Å². The molecule has 0 spiro atoms. The van der Waals surface area contributed by atoms with Gasteiger partial charge in [-0.2, -0.15) is 5.26 Å². The molecule has 0 aliphatic carbocycles. The van der Waals surface area contributed by atoms with E-state index >= 15 is 0 Å². The lowest BCUT2D eigenvalue weighted by Gasteiger charge is -2.08. The molecule has 0 radical (unpaired) electrons. The summed E-state index contributed by atoms with van der Waals surface area (Å²) in [5.41, 5.74) is 3.00. The SMILES string of the molecule is N#Cc1ccc(NCCc2ccccc2)c(Br)c1. The van der Waals surface area contributed by atoms with Crippen molar-refractivity contribution in [2.24, 2.45) is 0 Å². The summed E-state index contributed by atoms with van der Waals surface area (Å²) in [5, 5.41) is 12.1. The number of halogens is 1. The zero-order chi connectivity index (χ0) is 12.8. The van der Waals surface area contributed by atoms with Crippen LogP contribution >= 0.6 is 15.9 Å². The Kier molecular flexibility index (Phi) is 4.38. The van der Waals surface area contributed by atoms with Crippen molar-refractivity contribution < 1.29 is 0 Å². The molecule has 2 nitrogen and oxygen atoms in total. The van der Waals surface area contributed by atoms with Gasteiger partial charge in [0.2, 0.25) is 0 Å². The highest BCUT2D eigenvalue weighted by molar-refractivity contribution is 9.10. The first kappa shape index (κ1) is 12.7. The minimum atomic E-state index is 0.662. The number of benzene rings is 2. The molecule has 2 rings (SSSR count). The summed E-state index contributed by atoms with van der Waals surface area (Å²) >= 11 is 3.46. The summed E-state index contributed by atoms with van der Waals surface area (Å²) in [4.78, 5) is 0. The first-order valence-electron chi connectivity index (χ1n) is 5.77. The van der Waals surface area contributed by atoms with Gasteiger partial charge in [0.25, 0.3) is 0 Å². The van der Waals surface area contributed by atoms with Gasteiger partial charge in [-0.15, -0.1) is 0 Å². The van der Waals surface area contributed by atoms with Crippen LogP contribution in [0.4, 0.5) is 5.69 Å². The highest BCUT2D eigenvalue weighted by Crippen LogP contribution is 2.23. The number of hydrogen-bond acceptors (Lipinski definition) is 2. The van der Waals surface area contributed by atoms with E-state index in [1.165, 1.54) is 5.56 Å². The lowest BCUT2D eigenvalue weighted by Crippen LogP contribution is -2.05. The molecule has 1 N–H and O–H groups in total. The van der Waals surface area contributed by atoms with Crippen LogP contribution < -0.4 is 5.32 Å². The zero-order valence-electron chi connectivity index (χ0n) is 9.86. The molecule has 0 aromatic heterocycles. The zero-order valence-corrected chi connectivity index (χ0v) is 11.4. The van der Waals surface area contributed by atoms with Crippen molar-refractivity contribution in [2.75, 3.05) is 11.9 Å². The summed E-state index contributed by atoms with van der Waals surface area (Å²) in [6.07, 6.45) is 0.979. The topological polar surface area (TPSA) is 35.8 Å². The van der Waals surface area contributed by atoms with Gasteiger partial charge in [-0.3, -0.25) is 0 Å². The minimum Gasteiger partial charge on any atom is -0.384 e. The number of nitrogens with zero attached hydrogens (tertiary/aromatic N) is 1. The third kappa shape index (κ3) is 3.35. The van der Waals surface area contributed by atoms with Crippen molar-refractivity contribution in [1.29, 1.82) is 5.26 Å². The summed E-state index contributed by atoms with van der Waals surface area (Å²) in [7, 11) is 0. The Morgan fingerprint density at radius 2 is 1.89 bits per heavy atom. The van der Waals surface area contributed by atoms with E-state index in [1.807, 2.05) is 36.4 Å². The van der Waals surface area contributed by atoms with Gasteiger partial charge >= 0.3 is 0 Å². The number of nitriles is 1. The molecule has 0 saturated carbocycles. The largest absolute Gasteiger partial charge is 0.384 e. The molecule has 2 aromatic carbocycles. The summed E-state index contributed by atoms with van der Waals surface area (Å²) < 4.78 is 0.926. The lowest BCUT2D eigenvalue weighted by atomic mass is 10.1. The Morgan fingerprint density at radius 1 is 1.11 bits per heavy atom. The fourth-order valence-electron chi connectivity index (χ4n) is 1.71. The number of rotatable bonds is 4. The fourth-order valence-corrected chi connectivity index (χ4v) is 2.23. The predicted molar refractivity (Wildman–Crippen MR) is 77.5 cm³/mol. The molecule has 0 aliphatic heterocycles. The summed E-state index contributed by atoms with van der Waals surface area (Å²) in [6, 6.07) is 18.0. The molecule has 90 valence electrons. The summed E-state index contributed by atoms with van der Waals surface area (Å²) in [6.45, 7) is 0.870. The van der Waals surface area contributed by atoms with E-state index in [0.717, 1.165) is 23.1 Å². The molecule has 2 aromatic rings. The van der Waals surface area contributed by atoms with E-state index in [9.17, 15) is 0 Å². The molecule has 0 bridgehead atoms. The molecule has 0 saturated heterocycles. The Balaban J connectivity index is 1.93. The highest BCUT2D eigenvalue weighted by Gasteiger charge is 2.00. The van der Waals surface area contributed by atoms with Crippen molar-refractivity contribution in [1.82, 2.24) is 0 Å². The van der Waals surface area contributed by atoms with E-state index in [4.69, 9.17) is 5.26 Å². The maximum Gasteiger partial charge on any atom is 0.0992 e. The quantitative estimate of drug-likeness (QED) is 0.927. The molecule has 0 amide bonds. The average Bonchev–Trinajstić information content (AvgIpc) is 2.42. The Morgan fingerprint density at radius 3 is 2.56 bits per heavy atom. The van der Waals surface area contributed by atoms with Gasteiger partial charge in [0.1, 0.15) is 0 Å². The van der Waals surface area contributed by atoms with E-state index in [2.05, 4.69) is 39.4 Å². The van der Waals surface area contributed by atoms with Crippen molar-refractivity contribution in [2.45, 2.75) is 6.42 Å². The van der Waals surface area contributed by atoms with Crippen LogP contribution in [0, 0.1) is 11.3 Å². The van der Waals surface area contributed by atoms with Gasteiger partial charge in [0, 0.05) is 16.7 Å². The van der Waals surface area contributed by atoms with Crippen molar-refractivity contribution in [3.8, 4) is 6.07 Å². The van der Waals surface area contributed by atoms with Gasteiger partial charge in [0.15, 0.2) is 0 Å². The molecule has 0 heterocycles. The van der Waals surface area contributed by atoms with Gasteiger partial charge < -0.3 is 5.32 Å². The smallest absolute Gasteiger partial charge is 0.0992 e. The van der Waals surface area contributed by atoms with Crippen LogP contribution in [-0.2, 0) is 6.42 Å². The maximum absolute atomic E-state index is 8.79. The molecule has 3 heteroatoms. The van der Waals surface area contributed by atoms with Crippen LogP contribution in [0.25, 0.3) is 0 Å². The summed E-state index contributed by atoms with van der Waals surface area (Å²) in [5.74, 6) is 0. The molecule has 18 heavy (non-hydrogen) atoms. The van der Waals surface area contributed by atoms with Crippen LogP contribution in [0.1, 0.15) is 11.1 Å². The van der Waals surface area contributed by atoms with Crippen molar-refractivity contribution in [3.05, 3.63) is 64.1 Å². The van der Waals surface area contributed by atoms with Gasteiger partial charge in [0.05, 0.1) is 11.6 Å². The average molecular weight is 301 g/mol.